The molecule has 2 saturated carbocycles. The van der Waals surface area contributed by atoms with Gasteiger partial charge in [-0.25, -0.2) is 9.34 Å². The van der Waals surface area contributed by atoms with Crippen molar-refractivity contribution in [2.24, 2.45) is 11.8 Å². The van der Waals surface area contributed by atoms with E-state index in [-0.39, 0.29) is 18.2 Å². The zero-order valence-corrected chi connectivity index (χ0v) is 19.0. The molecule has 2 aliphatic heterocycles. The first-order chi connectivity index (χ1) is 15.3. The van der Waals surface area contributed by atoms with Crippen LogP contribution in [0.2, 0.25) is 0 Å². The quantitative estimate of drug-likeness (QED) is 0.612. The Morgan fingerprint density at radius 1 is 0.742 bits per heavy atom. The largest absolute Gasteiger partial charge is 0.389 e. The molecule has 1 N–H and O–H groups in total. The molecule has 4 aliphatic rings. The average Bonchev–Trinajstić information content (AvgIpc) is 3.72. The van der Waals surface area contributed by atoms with E-state index in [1.54, 1.807) is 0 Å². The standard InChI is InChI=1S/C26H33N2O2P/c29-25-23(15-19-7-3-1-4-8-19)27(17-21-11-12-21)31-28(18-22-13-14-22)24(26(25)30-31)16-20-9-5-2-6-10-20/h1-10,21-26,29H,11-18H2. The van der Waals surface area contributed by atoms with Gasteiger partial charge < -0.3 is 9.63 Å². The summed E-state index contributed by atoms with van der Waals surface area (Å²) in [6.07, 6.45) is 6.68. The van der Waals surface area contributed by atoms with Crippen LogP contribution in [0.1, 0.15) is 36.8 Å². The maximum absolute atomic E-state index is 11.7. The van der Waals surface area contributed by atoms with Crippen molar-refractivity contribution in [1.82, 2.24) is 9.34 Å². The summed E-state index contributed by atoms with van der Waals surface area (Å²) in [5.74, 6) is 1.60. The summed E-state index contributed by atoms with van der Waals surface area (Å²) in [6, 6.07) is 21.9. The molecule has 31 heavy (non-hydrogen) atoms. The monoisotopic (exact) mass is 436 g/mol. The number of hydrogen-bond acceptors (Lipinski definition) is 4. The molecule has 4 nitrogen and oxygen atoms in total. The van der Waals surface area contributed by atoms with Crippen molar-refractivity contribution >= 4 is 8.45 Å². The number of aliphatic hydroxyl groups excluding tert-OH is 1. The third kappa shape index (κ3) is 4.34. The minimum Gasteiger partial charge on any atom is -0.389 e. The Morgan fingerprint density at radius 3 is 1.74 bits per heavy atom. The summed E-state index contributed by atoms with van der Waals surface area (Å²) < 4.78 is 12.0. The Balaban J connectivity index is 1.32. The van der Waals surface area contributed by atoms with Crippen molar-refractivity contribution in [2.75, 3.05) is 13.1 Å². The van der Waals surface area contributed by atoms with Gasteiger partial charge in [0.2, 0.25) is 0 Å². The molecule has 0 spiro atoms. The maximum Gasteiger partial charge on any atom is 0.189 e. The number of nitrogens with zero attached hydrogens (tertiary/aromatic N) is 2. The van der Waals surface area contributed by atoms with Crippen molar-refractivity contribution in [3.63, 3.8) is 0 Å². The first kappa shape index (κ1) is 20.3. The molecule has 2 aliphatic carbocycles. The lowest BCUT2D eigenvalue weighted by molar-refractivity contribution is -0.0305. The molecule has 0 amide bonds. The highest BCUT2D eigenvalue weighted by atomic mass is 31.2. The van der Waals surface area contributed by atoms with Gasteiger partial charge in [-0.05, 0) is 61.5 Å². The van der Waals surface area contributed by atoms with Crippen LogP contribution in [0.5, 0.6) is 0 Å². The van der Waals surface area contributed by atoms with E-state index in [0.29, 0.717) is 0 Å². The lowest BCUT2D eigenvalue weighted by Gasteiger charge is -2.43. The summed E-state index contributed by atoms with van der Waals surface area (Å²) in [7, 11) is -0.798. The minimum atomic E-state index is -0.798. The van der Waals surface area contributed by atoms with Crippen molar-refractivity contribution in [2.45, 2.75) is 62.8 Å². The third-order valence-corrected chi connectivity index (χ3v) is 9.62. The molecule has 4 fully saturated rings. The second kappa shape index (κ2) is 8.57. The van der Waals surface area contributed by atoms with E-state index in [4.69, 9.17) is 4.52 Å². The smallest absolute Gasteiger partial charge is 0.189 e. The Morgan fingerprint density at radius 2 is 1.23 bits per heavy atom. The predicted molar refractivity (Wildman–Crippen MR) is 125 cm³/mol. The van der Waals surface area contributed by atoms with Gasteiger partial charge in [-0.2, -0.15) is 0 Å². The number of rotatable bonds is 8. The van der Waals surface area contributed by atoms with Crippen molar-refractivity contribution in [3.05, 3.63) is 71.8 Å². The normalized spacial score (nSPS) is 33.6. The highest BCUT2D eigenvalue weighted by Crippen LogP contribution is 2.62. The van der Waals surface area contributed by atoms with Crippen molar-refractivity contribution in [1.29, 1.82) is 0 Å². The second-order valence-corrected chi connectivity index (χ2v) is 11.7. The first-order valence-electron chi connectivity index (χ1n) is 12.0. The molecule has 5 atom stereocenters. The summed E-state index contributed by atoms with van der Waals surface area (Å²) in [5.41, 5.74) is 2.67. The van der Waals surface area contributed by atoms with E-state index in [0.717, 1.165) is 37.8 Å². The molecule has 2 saturated heterocycles. The number of fused-ring (bicyclic) bond motifs is 2. The van der Waals surface area contributed by atoms with Gasteiger partial charge in [-0.3, -0.25) is 0 Å². The van der Waals surface area contributed by atoms with Crippen LogP contribution in [0.15, 0.2) is 60.7 Å². The van der Waals surface area contributed by atoms with Crippen LogP contribution < -0.4 is 0 Å². The molecule has 6 rings (SSSR count). The molecule has 2 heterocycles. The maximum atomic E-state index is 11.7. The minimum absolute atomic E-state index is 0.0887. The zero-order valence-electron chi connectivity index (χ0n) is 18.1. The van der Waals surface area contributed by atoms with Crippen LogP contribution in [0.25, 0.3) is 0 Å². The van der Waals surface area contributed by atoms with E-state index in [9.17, 15) is 5.11 Å². The molecule has 2 bridgehead atoms. The van der Waals surface area contributed by atoms with Crippen LogP contribution in [0, 0.1) is 11.8 Å². The van der Waals surface area contributed by atoms with Gasteiger partial charge in [-0.15, -0.1) is 0 Å². The first-order valence-corrected chi connectivity index (χ1v) is 13.2. The fourth-order valence-electron chi connectivity index (χ4n) is 5.26. The molecule has 2 aromatic rings. The fraction of sp³-hybridized carbons (Fsp3) is 0.538. The van der Waals surface area contributed by atoms with Crippen LogP contribution >= 0.6 is 8.45 Å². The number of aliphatic hydroxyl groups is 1. The number of hydrogen-bond donors (Lipinski definition) is 1. The highest BCUT2D eigenvalue weighted by molar-refractivity contribution is 7.47. The molecule has 0 radical (unpaired) electrons. The lowest BCUT2D eigenvalue weighted by Crippen LogP contribution is -2.53. The summed E-state index contributed by atoms with van der Waals surface area (Å²) in [4.78, 5) is 0. The summed E-state index contributed by atoms with van der Waals surface area (Å²) in [5, 5.41) is 11.7. The van der Waals surface area contributed by atoms with Gasteiger partial charge in [0.05, 0.1) is 6.10 Å². The number of benzene rings is 2. The van der Waals surface area contributed by atoms with E-state index in [2.05, 4.69) is 70.0 Å². The molecular formula is C26H33N2O2P. The van der Waals surface area contributed by atoms with Crippen LogP contribution in [-0.4, -0.2) is 51.8 Å². The molecule has 0 aromatic heterocycles. The Bertz CT molecular complexity index is 834. The van der Waals surface area contributed by atoms with Crippen molar-refractivity contribution in [3.8, 4) is 0 Å². The van der Waals surface area contributed by atoms with E-state index < -0.39 is 14.6 Å². The van der Waals surface area contributed by atoms with Gasteiger partial charge in [0.25, 0.3) is 0 Å². The highest BCUT2D eigenvalue weighted by Gasteiger charge is 2.57. The van der Waals surface area contributed by atoms with E-state index in [1.165, 1.54) is 36.8 Å². The van der Waals surface area contributed by atoms with Gasteiger partial charge in [-0.1, -0.05) is 60.7 Å². The second-order valence-electron chi connectivity index (χ2n) is 9.96. The molecule has 5 heteroatoms. The molecule has 5 unspecified atom stereocenters. The van der Waals surface area contributed by atoms with E-state index >= 15 is 0 Å². The molecule has 164 valence electrons. The van der Waals surface area contributed by atoms with Gasteiger partial charge in [0.15, 0.2) is 8.45 Å². The molecule has 2 aromatic carbocycles. The molecular weight excluding hydrogens is 403 g/mol. The van der Waals surface area contributed by atoms with Crippen LogP contribution in [0.4, 0.5) is 0 Å². The predicted octanol–water partition coefficient (Wildman–Crippen LogP) is 4.63. The Hall–Kier alpha value is -1.29. The van der Waals surface area contributed by atoms with Gasteiger partial charge in [0, 0.05) is 25.2 Å². The fourth-order valence-corrected chi connectivity index (χ4v) is 7.96. The Labute approximate surface area is 187 Å². The zero-order chi connectivity index (χ0) is 20.8. The lowest BCUT2D eigenvalue weighted by atomic mass is 9.91. The SMILES string of the molecule is OC1C2OP(N(CC3CC3)C1Cc1ccccc1)N(CC1CC1)C2Cc1ccccc1. The average molecular weight is 437 g/mol. The van der Waals surface area contributed by atoms with Crippen molar-refractivity contribution < 1.29 is 9.63 Å². The summed E-state index contributed by atoms with van der Waals surface area (Å²) in [6.45, 7) is 2.21. The van der Waals surface area contributed by atoms with Gasteiger partial charge in [0.1, 0.15) is 6.10 Å². The van der Waals surface area contributed by atoms with E-state index in [1.807, 2.05) is 0 Å². The summed E-state index contributed by atoms with van der Waals surface area (Å²) >= 11 is 0. The topological polar surface area (TPSA) is 35.9 Å². The van der Waals surface area contributed by atoms with Gasteiger partial charge >= 0.3 is 0 Å². The third-order valence-electron chi connectivity index (χ3n) is 7.39. The van der Waals surface area contributed by atoms with Crippen LogP contribution in [0.3, 0.4) is 0 Å². The van der Waals surface area contributed by atoms with Crippen LogP contribution in [-0.2, 0) is 17.4 Å². The Kier molecular flexibility index (Phi) is 5.62.